The summed E-state index contributed by atoms with van der Waals surface area (Å²) in [5, 5.41) is 3.62. The van der Waals surface area contributed by atoms with Gasteiger partial charge in [-0.2, -0.15) is 0 Å². The number of hydrogen-bond donors (Lipinski definition) is 2. The molecule has 0 unspecified atom stereocenters. The summed E-state index contributed by atoms with van der Waals surface area (Å²) in [6, 6.07) is 12.8. The summed E-state index contributed by atoms with van der Waals surface area (Å²) in [4.78, 5) is 24.6. The molecule has 4 aromatic rings. The van der Waals surface area contributed by atoms with Gasteiger partial charge in [-0.3, -0.25) is 4.79 Å². The van der Waals surface area contributed by atoms with Crippen LogP contribution in [0.4, 0.5) is 11.6 Å². The highest BCUT2D eigenvalue weighted by atomic mass is 32.2. The number of hydrogen-bond acceptors (Lipinski definition) is 6. The lowest BCUT2D eigenvalue weighted by molar-refractivity contribution is 0.101. The fourth-order valence-electron chi connectivity index (χ4n) is 2.82. The van der Waals surface area contributed by atoms with Crippen molar-refractivity contribution in [2.24, 2.45) is 7.05 Å². The molecule has 3 heterocycles. The van der Waals surface area contributed by atoms with Crippen LogP contribution in [0, 0.1) is 0 Å². The van der Waals surface area contributed by atoms with E-state index in [1.165, 1.54) is 36.7 Å². The van der Waals surface area contributed by atoms with Crippen molar-refractivity contribution in [1.82, 2.24) is 19.5 Å². The number of sulfonamides is 1. The number of nitrogens with one attached hydrogen (secondary N) is 2. The van der Waals surface area contributed by atoms with Gasteiger partial charge in [-0.15, -0.1) is 0 Å². The van der Waals surface area contributed by atoms with E-state index in [1.54, 1.807) is 36.0 Å². The molecule has 1 amide bonds. The number of benzene rings is 1. The number of rotatable bonds is 5. The van der Waals surface area contributed by atoms with Crippen LogP contribution in [0.3, 0.4) is 0 Å². The first-order valence-electron chi connectivity index (χ1n) is 8.56. The molecule has 0 aliphatic rings. The molecule has 1 aromatic carbocycles. The molecular formula is C19H16N6O3S. The second-order valence-corrected chi connectivity index (χ2v) is 7.84. The summed E-state index contributed by atoms with van der Waals surface area (Å²) in [7, 11) is -2.07. The Bertz CT molecular complexity index is 1280. The normalized spacial score (nSPS) is 11.3. The molecule has 2 N–H and O–H groups in total. The summed E-state index contributed by atoms with van der Waals surface area (Å²) >= 11 is 0. The highest BCUT2D eigenvalue weighted by Gasteiger charge is 2.17. The number of carbonyl (C=O) groups is 1. The molecule has 146 valence electrons. The van der Waals surface area contributed by atoms with Crippen molar-refractivity contribution in [2.45, 2.75) is 4.90 Å². The quantitative estimate of drug-likeness (QED) is 0.523. The van der Waals surface area contributed by atoms with Crippen molar-refractivity contribution in [3.05, 3.63) is 72.8 Å². The van der Waals surface area contributed by atoms with Crippen molar-refractivity contribution in [1.29, 1.82) is 0 Å². The zero-order valence-electron chi connectivity index (χ0n) is 15.3. The smallest absolute Gasteiger partial charge is 0.272 e. The van der Waals surface area contributed by atoms with Gasteiger partial charge >= 0.3 is 0 Å². The second-order valence-electron chi connectivity index (χ2n) is 6.16. The first-order chi connectivity index (χ1) is 13.9. The van der Waals surface area contributed by atoms with Crippen molar-refractivity contribution in [3.8, 4) is 0 Å². The van der Waals surface area contributed by atoms with E-state index in [-0.39, 0.29) is 16.8 Å². The zero-order chi connectivity index (χ0) is 20.4. The molecule has 0 spiro atoms. The molecular weight excluding hydrogens is 392 g/mol. The fourth-order valence-corrected chi connectivity index (χ4v) is 3.78. The van der Waals surface area contributed by atoms with Gasteiger partial charge in [0.15, 0.2) is 0 Å². The Balaban J connectivity index is 1.52. The van der Waals surface area contributed by atoms with Gasteiger partial charge in [0.25, 0.3) is 15.9 Å². The molecule has 0 atom stereocenters. The third kappa shape index (κ3) is 3.78. The maximum atomic E-state index is 12.6. The average Bonchev–Trinajstić information content (AvgIpc) is 3.06. The monoisotopic (exact) mass is 408 g/mol. The molecule has 0 aliphatic heterocycles. The van der Waals surface area contributed by atoms with E-state index in [1.807, 2.05) is 6.07 Å². The lowest BCUT2D eigenvalue weighted by Crippen LogP contribution is -2.16. The molecule has 0 saturated carbocycles. The third-order valence-corrected chi connectivity index (χ3v) is 5.58. The molecule has 0 radical (unpaired) electrons. The Labute approximate surface area is 166 Å². The van der Waals surface area contributed by atoms with E-state index in [0.717, 1.165) is 5.39 Å². The number of pyridine rings is 1. The van der Waals surface area contributed by atoms with E-state index in [0.29, 0.717) is 17.0 Å². The van der Waals surface area contributed by atoms with Crippen molar-refractivity contribution in [2.75, 3.05) is 10.0 Å². The molecule has 0 saturated heterocycles. The molecule has 0 bridgehead atoms. The van der Waals surface area contributed by atoms with Gasteiger partial charge in [-0.25, -0.2) is 28.1 Å². The van der Waals surface area contributed by atoms with E-state index < -0.39 is 10.0 Å². The molecule has 10 heteroatoms. The van der Waals surface area contributed by atoms with Crippen LogP contribution in [0.25, 0.3) is 11.0 Å². The van der Waals surface area contributed by atoms with Gasteiger partial charge in [0.1, 0.15) is 11.3 Å². The predicted molar refractivity (Wildman–Crippen MR) is 108 cm³/mol. The first-order valence-corrected chi connectivity index (χ1v) is 10.0. The average molecular weight is 408 g/mol. The molecule has 3 aromatic heterocycles. The molecule has 0 aliphatic carbocycles. The van der Waals surface area contributed by atoms with Gasteiger partial charge < -0.3 is 9.88 Å². The fraction of sp³-hybridized carbons (Fsp3) is 0.0526. The number of nitrogens with zero attached hydrogens (tertiary/aromatic N) is 4. The molecule has 0 fully saturated rings. The molecule has 29 heavy (non-hydrogen) atoms. The van der Waals surface area contributed by atoms with Crippen molar-refractivity contribution >= 4 is 38.6 Å². The number of aromatic nitrogens is 4. The zero-order valence-corrected chi connectivity index (χ0v) is 16.1. The predicted octanol–water partition coefficient (Wildman–Crippen LogP) is 2.42. The topological polar surface area (TPSA) is 119 Å². The number of carbonyl (C=O) groups excluding carboxylic acids is 1. The maximum absolute atomic E-state index is 12.6. The van der Waals surface area contributed by atoms with Gasteiger partial charge in [0.05, 0.1) is 4.90 Å². The lowest BCUT2D eigenvalue weighted by atomic mass is 10.3. The Morgan fingerprint density at radius 3 is 2.34 bits per heavy atom. The summed E-state index contributed by atoms with van der Waals surface area (Å²) in [6.07, 6.45) is 4.54. The Morgan fingerprint density at radius 2 is 1.66 bits per heavy atom. The SMILES string of the molecule is Cn1c(C(=O)Nc2ccc(S(=O)(=O)Nc3ncccn3)cc2)cc2cccnc21. The minimum atomic E-state index is -3.83. The van der Waals surface area contributed by atoms with Crippen LogP contribution >= 0.6 is 0 Å². The van der Waals surface area contributed by atoms with Crippen LogP contribution < -0.4 is 10.0 Å². The number of anilines is 2. The van der Waals surface area contributed by atoms with Crippen LogP contribution in [0.2, 0.25) is 0 Å². The number of fused-ring (bicyclic) bond motifs is 1. The van der Waals surface area contributed by atoms with Crippen LogP contribution in [-0.2, 0) is 17.1 Å². The summed E-state index contributed by atoms with van der Waals surface area (Å²) in [6.45, 7) is 0. The molecule has 4 rings (SSSR count). The van der Waals surface area contributed by atoms with Crippen molar-refractivity contribution in [3.63, 3.8) is 0 Å². The Morgan fingerprint density at radius 1 is 0.966 bits per heavy atom. The van der Waals surface area contributed by atoms with E-state index >= 15 is 0 Å². The highest BCUT2D eigenvalue weighted by molar-refractivity contribution is 7.92. The van der Waals surface area contributed by atoms with Crippen LogP contribution in [-0.4, -0.2) is 33.8 Å². The van der Waals surface area contributed by atoms with Gasteiger partial charge in [-0.1, -0.05) is 0 Å². The van der Waals surface area contributed by atoms with Crippen LogP contribution in [0.1, 0.15) is 10.5 Å². The van der Waals surface area contributed by atoms with E-state index in [4.69, 9.17) is 0 Å². The third-order valence-electron chi connectivity index (χ3n) is 4.23. The maximum Gasteiger partial charge on any atom is 0.272 e. The highest BCUT2D eigenvalue weighted by Crippen LogP contribution is 2.19. The summed E-state index contributed by atoms with van der Waals surface area (Å²) < 4.78 is 28.8. The van der Waals surface area contributed by atoms with E-state index in [2.05, 4.69) is 25.0 Å². The second kappa shape index (κ2) is 7.32. The summed E-state index contributed by atoms with van der Waals surface area (Å²) in [5.74, 6) is -0.341. The largest absolute Gasteiger partial charge is 0.324 e. The van der Waals surface area contributed by atoms with Crippen LogP contribution in [0.5, 0.6) is 0 Å². The van der Waals surface area contributed by atoms with Gasteiger partial charge in [-0.05, 0) is 48.5 Å². The first kappa shape index (κ1) is 18.6. The summed E-state index contributed by atoms with van der Waals surface area (Å²) in [5.41, 5.74) is 1.61. The van der Waals surface area contributed by atoms with Gasteiger partial charge in [0, 0.05) is 36.7 Å². The van der Waals surface area contributed by atoms with Gasteiger partial charge in [0.2, 0.25) is 5.95 Å². The minimum Gasteiger partial charge on any atom is -0.324 e. The molecule has 9 nitrogen and oxygen atoms in total. The Hall–Kier alpha value is -3.79. The van der Waals surface area contributed by atoms with E-state index in [9.17, 15) is 13.2 Å². The Kier molecular flexibility index (Phi) is 4.69. The van der Waals surface area contributed by atoms with Crippen molar-refractivity contribution < 1.29 is 13.2 Å². The van der Waals surface area contributed by atoms with Crippen LogP contribution in [0.15, 0.2) is 72.0 Å². The lowest BCUT2D eigenvalue weighted by Gasteiger charge is -2.09. The number of amides is 1. The number of aryl methyl sites for hydroxylation is 1. The standard InChI is InChI=1S/C19H16N6O3S/c1-25-16(12-13-4-2-9-20-17(13)25)18(26)23-14-5-7-15(8-6-14)29(27,28)24-19-21-10-3-11-22-19/h2-12H,1H3,(H,23,26)(H,21,22,24). The minimum absolute atomic E-state index is 0.0192.